The van der Waals surface area contributed by atoms with Crippen LogP contribution in [0.3, 0.4) is 0 Å². The van der Waals surface area contributed by atoms with E-state index in [9.17, 15) is 4.21 Å². The zero-order valence-electron chi connectivity index (χ0n) is 12.1. The molecule has 0 aromatic heterocycles. The van der Waals surface area contributed by atoms with Crippen LogP contribution in [0.25, 0.3) is 5.57 Å². The summed E-state index contributed by atoms with van der Waals surface area (Å²) in [6, 6.07) is 16.4. The van der Waals surface area contributed by atoms with Gasteiger partial charge in [0.25, 0.3) is 0 Å². The van der Waals surface area contributed by atoms with Gasteiger partial charge in [0.05, 0.1) is 16.6 Å². The van der Waals surface area contributed by atoms with Crippen LogP contribution in [0.5, 0.6) is 0 Å². The summed E-state index contributed by atoms with van der Waals surface area (Å²) in [5, 5.41) is 3.18. The van der Waals surface area contributed by atoms with Crippen LogP contribution in [0.1, 0.15) is 23.1 Å². The Morgan fingerprint density at radius 3 is 2.62 bits per heavy atom. The topological polar surface area (TPSA) is 29.1 Å². The molecule has 0 saturated heterocycles. The summed E-state index contributed by atoms with van der Waals surface area (Å²) < 4.78 is 12.6. The number of hydrogen-bond donors (Lipinski definition) is 1. The molecule has 1 atom stereocenters. The zero-order valence-corrected chi connectivity index (χ0v) is 13.0. The Kier molecular flexibility index (Phi) is 4.32. The predicted molar refractivity (Wildman–Crippen MR) is 88.6 cm³/mol. The average Bonchev–Trinajstić information content (AvgIpc) is 2.63. The molecule has 0 saturated carbocycles. The van der Waals surface area contributed by atoms with E-state index >= 15 is 0 Å². The fourth-order valence-corrected chi connectivity index (χ4v) is 4.08. The zero-order chi connectivity index (χ0) is 14.7. The molecule has 0 spiro atoms. The van der Waals surface area contributed by atoms with Crippen LogP contribution >= 0.6 is 0 Å². The maximum atomic E-state index is 12.6. The van der Waals surface area contributed by atoms with Crippen LogP contribution in [-0.4, -0.2) is 17.8 Å². The quantitative estimate of drug-likeness (QED) is 0.880. The van der Waals surface area contributed by atoms with Gasteiger partial charge in [0.1, 0.15) is 0 Å². The molecule has 2 aromatic carbocycles. The smallest absolute Gasteiger partial charge is 0.0580 e. The molecule has 1 unspecified atom stereocenters. The first-order valence-electron chi connectivity index (χ1n) is 7.22. The lowest BCUT2D eigenvalue weighted by Gasteiger charge is -2.11. The number of nitrogens with one attached hydrogen (secondary N) is 1. The van der Waals surface area contributed by atoms with Crippen molar-refractivity contribution in [2.45, 2.75) is 17.1 Å². The van der Waals surface area contributed by atoms with Crippen molar-refractivity contribution in [1.29, 1.82) is 0 Å². The van der Waals surface area contributed by atoms with Crippen LogP contribution in [0.4, 0.5) is 0 Å². The maximum absolute atomic E-state index is 12.6. The lowest BCUT2D eigenvalue weighted by molar-refractivity contribution is 0.682. The maximum Gasteiger partial charge on any atom is 0.0580 e. The van der Waals surface area contributed by atoms with Crippen molar-refractivity contribution in [3.05, 3.63) is 71.3 Å². The van der Waals surface area contributed by atoms with Gasteiger partial charge in [-0.15, -0.1) is 0 Å². The Hall–Kier alpha value is -1.71. The normalized spacial score (nSPS) is 18.9. The van der Waals surface area contributed by atoms with Gasteiger partial charge >= 0.3 is 0 Å². The first kappa shape index (κ1) is 14.2. The largest absolute Gasteiger partial charge is 0.319 e. The molecule has 1 aliphatic rings. The van der Waals surface area contributed by atoms with Crippen LogP contribution in [0.15, 0.2) is 59.5 Å². The van der Waals surface area contributed by atoms with E-state index in [0.717, 1.165) is 23.4 Å². The van der Waals surface area contributed by atoms with E-state index in [4.69, 9.17) is 0 Å². The second-order valence-electron chi connectivity index (χ2n) is 5.15. The second-order valence-corrected chi connectivity index (χ2v) is 6.57. The molecule has 108 valence electrons. The van der Waals surface area contributed by atoms with E-state index in [1.165, 1.54) is 16.7 Å². The van der Waals surface area contributed by atoms with Crippen LogP contribution in [0, 0.1) is 0 Å². The van der Waals surface area contributed by atoms with Crippen molar-refractivity contribution in [2.24, 2.45) is 0 Å². The molecule has 0 fully saturated rings. The summed E-state index contributed by atoms with van der Waals surface area (Å²) in [4.78, 5) is 0.949. The van der Waals surface area contributed by atoms with Crippen molar-refractivity contribution in [2.75, 3.05) is 13.6 Å². The summed E-state index contributed by atoms with van der Waals surface area (Å²) in [6.07, 6.45) is 3.22. The van der Waals surface area contributed by atoms with Crippen LogP contribution in [-0.2, 0) is 16.6 Å². The minimum Gasteiger partial charge on any atom is -0.319 e. The number of fused-ring (bicyclic) bond motifs is 2. The molecule has 2 aromatic rings. The standard InChI is InChI=1S/C18H19NOS/c1-19-12-6-10-16-15-8-3-2-7-14(15)13-21(20)18-11-5-4-9-17(16)18/h2-5,7-11,19H,6,12-13H2,1H3/b16-10-. The second kappa shape index (κ2) is 6.37. The average molecular weight is 297 g/mol. The van der Waals surface area contributed by atoms with Crippen molar-refractivity contribution in [3.63, 3.8) is 0 Å². The van der Waals surface area contributed by atoms with Crippen molar-refractivity contribution < 1.29 is 4.21 Å². The highest BCUT2D eigenvalue weighted by molar-refractivity contribution is 7.84. The Morgan fingerprint density at radius 2 is 1.81 bits per heavy atom. The fourth-order valence-electron chi connectivity index (χ4n) is 2.74. The first-order chi connectivity index (χ1) is 10.3. The molecule has 3 heteroatoms. The highest BCUT2D eigenvalue weighted by Crippen LogP contribution is 2.35. The molecule has 21 heavy (non-hydrogen) atoms. The SMILES string of the molecule is CNCC/C=C1/c2ccccc2CS(=O)c2ccccc21. The molecular weight excluding hydrogens is 278 g/mol. The molecule has 3 rings (SSSR count). The van der Waals surface area contributed by atoms with E-state index in [2.05, 4.69) is 35.7 Å². The predicted octanol–water partition coefficient (Wildman–Crippen LogP) is 3.35. The molecule has 0 bridgehead atoms. The highest BCUT2D eigenvalue weighted by Gasteiger charge is 2.21. The lowest BCUT2D eigenvalue weighted by Crippen LogP contribution is -2.06. The molecule has 0 aliphatic carbocycles. The molecule has 0 amide bonds. The third-order valence-corrected chi connectivity index (χ3v) is 5.18. The Morgan fingerprint density at radius 1 is 1.10 bits per heavy atom. The summed E-state index contributed by atoms with van der Waals surface area (Å²) in [5.74, 6) is 0.594. The Labute approximate surface area is 128 Å². The summed E-state index contributed by atoms with van der Waals surface area (Å²) in [6.45, 7) is 0.941. The van der Waals surface area contributed by atoms with Gasteiger partial charge in [-0.25, -0.2) is 0 Å². The fraction of sp³-hybridized carbons (Fsp3) is 0.222. The van der Waals surface area contributed by atoms with E-state index < -0.39 is 10.8 Å². The van der Waals surface area contributed by atoms with Gasteiger partial charge in [-0.1, -0.05) is 48.5 Å². The first-order valence-corrected chi connectivity index (χ1v) is 8.54. The van der Waals surface area contributed by atoms with Gasteiger partial charge in [0, 0.05) is 4.90 Å². The summed E-state index contributed by atoms with van der Waals surface area (Å²) >= 11 is 0. The Balaban J connectivity index is 2.18. The molecule has 2 nitrogen and oxygen atoms in total. The van der Waals surface area contributed by atoms with Gasteiger partial charge in [0.2, 0.25) is 0 Å². The van der Waals surface area contributed by atoms with E-state index in [0.29, 0.717) is 5.75 Å². The number of benzene rings is 2. The van der Waals surface area contributed by atoms with Gasteiger partial charge in [-0.3, -0.25) is 4.21 Å². The van der Waals surface area contributed by atoms with Gasteiger partial charge in [0.15, 0.2) is 0 Å². The van der Waals surface area contributed by atoms with Crippen molar-refractivity contribution in [1.82, 2.24) is 5.32 Å². The summed E-state index contributed by atoms with van der Waals surface area (Å²) in [7, 11) is 0.983. The van der Waals surface area contributed by atoms with Gasteiger partial charge < -0.3 is 5.32 Å². The van der Waals surface area contributed by atoms with Crippen LogP contribution in [0.2, 0.25) is 0 Å². The highest BCUT2D eigenvalue weighted by atomic mass is 32.2. The van der Waals surface area contributed by atoms with Gasteiger partial charge in [-0.05, 0) is 48.3 Å². The van der Waals surface area contributed by atoms with Crippen LogP contribution < -0.4 is 5.32 Å². The Bertz CT molecular complexity index is 706. The minimum absolute atomic E-state index is 0.594. The molecule has 1 N–H and O–H groups in total. The third-order valence-electron chi connectivity index (χ3n) is 3.76. The van der Waals surface area contributed by atoms with Crippen molar-refractivity contribution >= 4 is 16.4 Å². The van der Waals surface area contributed by atoms with Crippen molar-refractivity contribution in [3.8, 4) is 0 Å². The molecular formula is C18H19NOS. The van der Waals surface area contributed by atoms with E-state index in [1.807, 2.05) is 31.3 Å². The molecule has 1 aliphatic heterocycles. The lowest BCUT2D eigenvalue weighted by atomic mass is 9.93. The van der Waals surface area contributed by atoms with Gasteiger partial charge in [-0.2, -0.15) is 0 Å². The minimum atomic E-state index is -0.978. The van der Waals surface area contributed by atoms with E-state index in [-0.39, 0.29) is 0 Å². The monoisotopic (exact) mass is 297 g/mol. The summed E-state index contributed by atoms with van der Waals surface area (Å²) in [5.41, 5.74) is 4.70. The third kappa shape index (κ3) is 2.85. The molecule has 0 radical (unpaired) electrons. The number of hydrogen-bond acceptors (Lipinski definition) is 2. The molecule has 1 heterocycles. The number of rotatable bonds is 3. The van der Waals surface area contributed by atoms with E-state index in [1.54, 1.807) is 0 Å².